The van der Waals surface area contributed by atoms with E-state index < -0.39 is 0 Å². The van der Waals surface area contributed by atoms with E-state index in [1.165, 1.54) is 151 Å². The van der Waals surface area contributed by atoms with Crippen LogP contribution in [0.15, 0.2) is 89.3 Å². The molecule has 0 radical (unpaired) electrons. The molecule has 0 saturated heterocycles. The molecule has 6 aromatic carbocycles. The molecular weight excluding hydrogens is 884 g/mol. The number of furan rings is 1. The van der Waals surface area contributed by atoms with E-state index in [9.17, 15) is 0 Å². The molecule has 0 spiro atoms. The first kappa shape index (κ1) is 48.7. The highest BCUT2D eigenvalue weighted by Gasteiger charge is 2.43. The lowest BCUT2D eigenvalue weighted by atomic mass is 9.55. The lowest BCUT2D eigenvalue weighted by molar-refractivity contribution is 0.332. The van der Waals surface area contributed by atoms with Crippen LogP contribution in [-0.4, -0.2) is 7.28 Å². The monoisotopic (exact) mass is 967 g/mol. The highest BCUT2D eigenvalue weighted by atomic mass is 16.3. The molecule has 0 fully saturated rings. The molecule has 0 unspecified atom stereocenters. The predicted octanol–water partition coefficient (Wildman–Crippen LogP) is 17.9. The van der Waals surface area contributed by atoms with Crippen molar-refractivity contribution in [3.8, 4) is 11.1 Å². The molecule has 73 heavy (non-hydrogen) atoms. The van der Waals surface area contributed by atoms with Crippen LogP contribution in [0, 0.1) is 6.92 Å². The molecule has 2 heterocycles. The van der Waals surface area contributed by atoms with Crippen LogP contribution < -0.4 is 21.1 Å². The Kier molecular flexibility index (Phi) is 10.3. The standard InChI is InChI=1S/C69H83BN2O/c1-40-30-46(61-58(31-40)72(42-19-21-48-50(33-42)65(8,9)25-23-63(48,4)5)57-37-53-52(36-55(57)70-61)67(12,13)27-28-68(53,14)15)43-34-44-45-35-51-54(69(16,17)29-26-66(51,10)11)38-59(45)73-60(44)39-56(43)71-41-18-20-47-49(32-41)64(6,7)24-22-62(47,2)3/h18-21,30-39,70-71H,22-29H2,1-17H3. The Morgan fingerprint density at radius 1 is 0.411 bits per heavy atom. The van der Waals surface area contributed by atoms with Crippen molar-refractivity contribution in [2.75, 3.05) is 10.2 Å². The van der Waals surface area contributed by atoms with E-state index in [0.717, 1.165) is 29.8 Å². The Hall–Kier alpha value is -5.22. The van der Waals surface area contributed by atoms with Crippen molar-refractivity contribution >= 4 is 68.6 Å². The Bertz CT molecular complexity index is 3490. The number of nitrogens with zero attached hydrogens (tertiary/aromatic N) is 1. The Morgan fingerprint density at radius 2 is 0.863 bits per heavy atom. The maximum Gasteiger partial charge on any atom is 0.198 e. The Labute approximate surface area is 439 Å². The fraction of sp³-hybridized carbons (Fsp3) is 0.478. The smallest absolute Gasteiger partial charge is 0.198 e. The molecule has 4 aliphatic carbocycles. The van der Waals surface area contributed by atoms with Gasteiger partial charge in [-0.15, -0.1) is 0 Å². The summed E-state index contributed by atoms with van der Waals surface area (Å²) in [6.07, 6.45) is 9.48. The number of fused-ring (bicyclic) bond motifs is 9. The molecule has 0 atom stereocenters. The zero-order valence-corrected chi connectivity index (χ0v) is 47.8. The van der Waals surface area contributed by atoms with E-state index in [2.05, 4.69) is 213 Å². The first-order valence-electron chi connectivity index (χ1n) is 28.2. The quantitative estimate of drug-likeness (QED) is 0.178. The fourth-order valence-electron chi connectivity index (χ4n) is 14.8. The molecule has 5 aliphatic rings. The van der Waals surface area contributed by atoms with Crippen LogP contribution in [0.3, 0.4) is 0 Å². The molecule has 3 nitrogen and oxygen atoms in total. The summed E-state index contributed by atoms with van der Waals surface area (Å²) in [4.78, 5) is 2.68. The minimum Gasteiger partial charge on any atom is -0.456 e. The topological polar surface area (TPSA) is 28.4 Å². The van der Waals surface area contributed by atoms with Crippen LogP contribution in [0.1, 0.15) is 212 Å². The number of rotatable bonds is 4. The molecule has 12 rings (SSSR count). The third kappa shape index (κ3) is 7.54. The maximum absolute atomic E-state index is 7.08. The van der Waals surface area contributed by atoms with Crippen molar-refractivity contribution in [2.45, 2.75) is 212 Å². The SMILES string of the molecule is Cc1cc(-c2cc3c(cc2Nc2ccc4c(c2)C(C)(C)CCC4(C)C)oc2cc4c(cc23)C(C)(C)CCC4(C)C)c2c(c1)N(c1ccc3c(c1)C(C)(C)CCC3(C)C)c1cc3c(cc1B2)C(C)(C)CCC3(C)C. The van der Waals surface area contributed by atoms with Crippen LogP contribution in [0.2, 0.25) is 0 Å². The van der Waals surface area contributed by atoms with Crippen molar-refractivity contribution in [2.24, 2.45) is 0 Å². The lowest BCUT2D eigenvalue weighted by Crippen LogP contribution is -2.44. The third-order valence-electron chi connectivity index (χ3n) is 20.4. The van der Waals surface area contributed by atoms with Gasteiger partial charge < -0.3 is 14.6 Å². The van der Waals surface area contributed by atoms with E-state index in [1.54, 1.807) is 0 Å². The van der Waals surface area contributed by atoms with Gasteiger partial charge in [-0.05, 0) is 217 Å². The van der Waals surface area contributed by atoms with Crippen LogP contribution in [0.4, 0.5) is 28.4 Å². The van der Waals surface area contributed by atoms with Gasteiger partial charge in [0, 0.05) is 45.2 Å². The summed E-state index contributed by atoms with van der Waals surface area (Å²) in [5.41, 5.74) is 27.3. The van der Waals surface area contributed by atoms with Gasteiger partial charge >= 0.3 is 0 Å². The van der Waals surface area contributed by atoms with Crippen LogP contribution in [0.5, 0.6) is 0 Å². The fourth-order valence-corrected chi connectivity index (χ4v) is 14.8. The van der Waals surface area contributed by atoms with Crippen molar-refractivity contribution in [1.82, 2.24) is 0 Å². The van der Waals surface area contributed by atoms with E-state index in [1.807, 2.05) is 0 Å². The highest BCUT2D eigenvalue weighted by Crippen LogP contribution is 2.54. The molecule has 1 aliphatic heterocycles. The normalized spacial score (nSPS) is 21.7. The summed E-state index contributed by atoms with van der Waals surface area (Å²) in [6, 6.07) is 34.8. The van der Waals surface area contributed by atoms with Gasteiger partial charge in [0.1, 0.15) is 11.2 Å². The number of nitrogens with one attached hydrogen (secondary N) is 1. The van der Waals surface area contributed by atoms with Crippen molar-refractivity contribution in [3.63, 3.8) is 0 Å². The summed E-state index contributed by atoms with van der Waals surface area (Å²) in [7, 11) is 0.854. The molecule has 7 aromatic rings. The zero-order chi connectivity index (χ0) is 52.0. The van der Waals surface area contributed by atoms with Gasteiger partial charge in [0.05, 0.1) is 5.69 Å². The van der Waals surface area contributed by atoms with Crippen LogP contribution >= 0.6 is 0 Å². The summed E-state index contributed by atoms with van der Waals surface area (Å²) in [6.45, 7) is 41.5. The third-order valence-corrected chi connectivity index (χ3v) is 20.4. The van der Waals surface area contributed by atoms with Gasteiger partial charge in [0.2, 0.25) is 0 Å². The largest absolute Gasteiger partial charge is 0.456 e. The molecule has 378 valence electrons. The number of benzene rings is 6. The van der Waals surface area contributed by atoms with Crippen molar-refractivity contribution < 1.29 is 4.42 Å². The number of hydrogen-bond donors (Lipinski definition) is 1. The molecule has 1 N–H and O–H groups in total. The molecule has 1 aromatic heterocycles. The van der Waals surface area contributed by atoms with E-state index in [-0.39, 0.29) is 43.3 Å². The predicted molar refractivity (Wildman–Crippen MR) is 316 cm³/mol. The minimum absolute atomic E-state index is 0.0805. The highest BCUT2D eigenvalue weighted by molar-refractivity contribution is 6.73. The van der Waals surface area contributed by atoms with Gasteiger partial charge in [-0.2, -0.15) is 0 Å². The Balaban J connectivity index is 1.13. The van der Waals surface area contributed by atoms with Gasteiger partial charge in [-0.3, -0.25) is 0 Å². The second-order valence-electron chi connectivity index (χ2n) is 29.4. The summed E-state index contributed by atoms with van der Waals surface area (Å²) in [5.74, 6) is 0. The van der Waals surface area contributed by atoms with Gasteiger partial charge in [0.25, 0.3) is 0 Å². The zero-order valence-electron chi connectivity index (χ0n) is 47.8. The van der Waals surface area contributed by atoms with Crippen LogP contribution in [0.25, 0.3) is 33.1 Å². The summed E-state index contributed by atoms with van der Waals surface area (Å²) < 4.78 is 7.08. The average Bonchev–Trinajstić information content (AvgIpc) is 3.67. The van der Waals surface area contributed by atoms with E-state index in [4.69, 9.17) is 4.42 Å². The van der Waals surface area contributed by atoms with E-state index in [0.29, 0.717) is 0 Å². The lowest BCUT2D eigenvalue weighted by Gasteiger charge is -2.45. The van der Waals surface area contributed by atoms with Crippen LogP contribution in [-0.2, 0) is 43.3 Å². The molecule has 0 amide bonds. The minimum atomic E-state index is 0.0805. The number of anilines is 5. The summed E-state index contributed by atoms with van der Waals surface area (Å²) >= 11 is 0. The molecule has 0 bridgehead atoms. The van der Waals surface area contributed by atoms with E-state index >= 15 is 0 Å². The van der Waals surface area contributed by atoms with Crippen molar-refractivity contribution in [1.29, 1.82) is 0 Å². The molecular formula is C69H83BN2O. The molecule has 4 heteroatoms. The average molecular weight is 967 g/mol. The number of aryl methyl sites for hydroxylation is 1. The molecule has 0 saturated carbocycles. The van der Waals surface area contributed by atoms with Gasteiger partial charge in [-0.25, -0.2) is 0 Å². The summed E-state index contributed by atoms with van der Waals surface area (Å²) in [5, 5.41) is 6.53. The Morgan fingerprint density at radius 3 is 1.44 bits per heavy atom. The second-order valence-corrected chi connectivity index (χ2v) is 29.4. The number of hydrogen-bond acceptors (Lipinski definition) is 3. The second kappa shape index (κ2) is 15.4. The van der Waals surface area contributed by atoms with Crippen molar-refractivity contribution in [3.05, 3.63) is 135 Å². The first-order chi connectivity index (χ1) is 34.0. The van der Waals surface area contributed by atoms with Gasteiger partial charge in [-0.1, -0.05) is 141 Å². The maximum atomic E-state index is 7.08. The first-order valence-corrected chi connectivity index (χ1v) is 28.2. The van der Waals surface area contributed by atoms with Gasteiger partial charge in [0.15, 0.2) is 7.28 Å².